The molecule has 0 saturated heterocycles. The number of methoxy groups -OCH3 is 1. The Kier molecular flexibility index (Phi) is 5.10. The first-order valence-corrected chi connectivity index (χ1v) is 6.57. The molecular formula is C17H16O4. The Balaban J connectivity index is 2.09. The second-order valence-corrected chi connectivity index (χ2v) is 4.47. The van der Waals surface area contributed by atoms with Crippen LogP contribution in [0.5, 0.6) is 0 Å². The van der Waals surface area contributed by atoms with Crippen LogP contribution < -0.4 is 0 Å². The Bertz CT molecular complexity index is 593. The first-order chi connectivity index (χ1) is 10.2. The van der Waals surface area contributed by atoms with Crippen LogP contribution >= 0.6 is 0 Å². The molecule has 0 aliphatic carbocycles. The maximum absolute atomic E-state index is 12.0. The number of carbonyl (C=O) groups is 2. The van der Waals surface area contributed by atoms with Gasteiger partial charge in [0.2, 0.25) is 6.10 Å². The first kappa shape index (κ1) is 14.8. The Morgan fingerprint density at radius 2 is 1.52 bits per heavy atom. The minimum atomic E-state index is -1.03. The highest BCUT2D eigenvalue weighted by atomic mass is 16.6. The van der Waals surface area contributed by atoms with Crippen LogP contribution in [0.25, 0.3) is 0 Å². The Morgan fingerprint density at radius 1 is 0.952 bits per heavy atom. The molecular weight excluding hydrogens is 268 g/mol. The molecule has 0 N–H and O–H groups in total. The lowest BCUT2D eigenvalue weighted by atomic mass is 10.1. The lowest BCUT2D eigenvalue weighted by molar-refractivity contribution is -0.166. The van der Waals surface area contributed by atoms with Crippen LogP contribution in [0, 0.1) is 0 Å². The molecule has 21 heavy (non-hydrogen) atoms. The fourth-order valence-electron chi connectivity index (χ4n) is 1.92. The zero-order valence-corrected chi connectivity index (χ0v) is 11.7. The molecule has 0 radical (unpaired) electrons. The van der Waals surface area contributed by atoms with E-state index in [4.69, 9.17) is 9.47 Å². The van der Waals surface area contributed by atoms with Crippen molar-refractivity contribution in [2.75, 3.05) is 7.11 Å². The Labute approximate surface area is 123 Å². The second kappa shape index (κ2) is 7.24. The summed E-state index contributed by atoms with van der Waals surface area (Å²) in [6.45, 7) is 0. The van der Waals surface area contributed by atoms with Crippen molar-refractivity contribution in [2.24, 2.45) is 0 Å². The van der Waals surface area contributed by atoms with Gasteiger partial charge < -0.3 is 9.47 Å². The lowest BCUT2D eigenvalue weighted by Crippen LogP contribution is -2.22. The van der Waals surface area contributed by atoms with Gasteiger partial charge in [-0.1, -0.05) is 60.7 Å². The fourth-order valence-corrected chi connectivity index (χ4v) is 1.92. The molecule has 0 aliphatic heterocycles. The average Bonchev–Trinajstić information content (AvgIpc) is 2.53. The first-order valence-electron chi connectivity index (χ1n) is 6.57. The summed E-state index contributed by atoms with van der Waals surface area (Å²) in [4.78, 5) is 23.8. The van der Waals surface area contributed by atoms with Crippen LogP contribution in [0.3, 0.4) is 0 Å². The van der Waals surface area contributed by atoms with E-state index in [1.165, 1.54) is 7.11 Å². The Hall–Kier alpha value is -2.62. The van der Waals surface area contributed by atoms with E-state index in [1.54, 1.807) is 24.3 Å². The van der Waals surface area contributed by atoms with E-state index in [9.17, 15) is 9.59 Å². The summed E-state index contributed by atoms with van der Waals surface area (Å²) in [5.41, 5.74) is 1.42. The van der Waals surface area contributed by atoms with Crippen LogP contribution in [0.4, 0.5) is 0 Å². The van der Waals surface area contributed by atoms with Crippen molar-refractivity contribution >= 4 is 11.9 Å². The van der Waals surface area contributed by atoms with E-state index in [2.05, 4.69) is 0 Å². The van der Waals surface area contributed by atoms with Crippen molar-refractivity contribution in [1.29, 1.82) is 0 Å². The van der Waals surface area contributed by atoms with Gasteiger partial charge in [0.25, 0.3) is 0 Å². The molecule has 0 amide bonds. The van der Waals surface area contributed by atoms with Gasteiger partial charge in [-0.05, 0) is 5.56 Å². The molecule has 108 valence electrons. The highest BCUT2D eigenvalue weighted by molar-refractivity contribution is 5.81. The van der Waals surface area contributed by atoms with Crippen LogP contribution in [0.1, 0.15) is 17.2 Å². The van der Waals surface area contributed by atoms with E-state index in [0.717, 1.165) is 5.56 Å². The monoisotopic (exact) mass is 284 g/mol. The molecule has 4 heteroatoms. The average molecular weight is 284 g/mol. The summed E-state index contributed by atoms with van der Waals surface area (Å²) in [6, 6.07) is 18.0. The van der Waals surface area contributed by atoms with E-state index >= 15 is 0 Å². The van der Waals surface area contributed by atoms with E-state index < -0.39 is 18.0 Å². The molecule has 0 aliphatic rings. The smallest absolute Gasteiger partial charge is 0.351 e. The summed E-state index contributed by atoms with van der Waals surface area (Å²) in [7, 11) is 1.27. The predicted molar refractivity (Wildman–Crippen MR) is 77.4 cm³/mol. The minimum Gasteiger partial charge on any atom is -0.466 e. The number of rotatable bonds is 5. The molecule has 0 fully saturated rings. The molecule has 0 heterocycles. The lowest BCUT2D eigenvalue weighted by Gasteiger charge is -2.16. The van der Waals surface area contributed by atoms with Gasteiger partial charge in [-0.15, -0.1) is 0 Å². The minimum absolute atomic E-state index is 0.112. The van der Waals surface area contributed by atoms with E-state index in [-0.39, 0.29) is 6.42 Å². The number of hydrogen-bond donors (Lipinski definition) is 0. The quantitative estimate of drug-likeness (QED) is 0.792. The molecule has 0 bridgehead atoms. The zero-order chi connectivity index (χ0) is 15.1. The molecule has 1 unspecified atom stereocenters. The van der Waals surface area contributed by atoms with Crippen molar-refractivity contribution in [3.05, 3.63) is 71.8 Å². The second-order valence-electron chi connectivity index (χ2n) is 4.47. The molecule has 4 nitrogen and oxygen atoms in total. The third-order valence-electron chi connectivity index (χ3n) is 2.96. The number of carbonyl (C=O) groups excluding carboxylic acids is 2. The topological polar surface area (TPSA) is 52.6 Å². The summed E-state index contributed by atoms with van der Waals surface area (Å²) >= 11 is 0. The maximum atomic E-state index is 12.0. The zero-order valence-electron chi connectivity index (χ0n) is 11.7. The summed E-state index contributed by atoms with van der Waals surface area (Å²) in [5.74, 6) is -1.07. The summed E-state index contributed by atoms with van der Waals surface area (Å²) in [6.07, 6.45) is -0.923. The van der Waals surface area contributed by atoms with Crippen molar-refractivity contribution < 1.29 is 19.1 Å². The molecule has 0 aromatic heterocycles. The highest BCUT2D eigenvalue weighted by Crippen LogP contribution is 2.19. The third-order valence-corrected chi connectivity index (χ3v) is 2.96. The maximum Gasteiger partial charge on any atom is 0.351 e. The number of esters is 2. The van der Waals surface area contributed by atoms with Crippen LogP contribution in [0.15, 0.2) is 60.7 Å². The third kappa shape index (κ3) is 4.18. The number of ether oxygens (including phenoxy) is 2. The van der Waals surface area contributed by atoms with Gasteiger partial charge in [-0.3, -0.25) is 4.79 Å². The summed E-state index contributed by atoms with van der Waals surface area (Å²) in [5, 5.41) is 0. The van der Waals surface area contributed by atoms with Gasteiger partial charge in [-0.25, -0.2) is 4.79 Å². The number of benzene rings is 2. The Morgan fingerprint density at radius 3 is 2.10 bits per heavy atom. The van der Waals surface area contributed by atoms with Crippen molar-refractivity contribution in [1.82, 2.24) is 0 Å². The molecule has 1 atom stereocenters. The standard InChI is InChI=1S/C17H16O4/c1-20-17(19)16(14-10-6-3-7-11-14)21-15(18)12-13-8-4-2-5-9-13/h2-11,16H,12H2,1H3. The number of hydrogen-bond acceptors (Lipinski definition) is 4. The largest absolute Gasteiger partial charge is 0.466 e. The van der Waals surface area contributed by atoms with Crippen LogP contribution in [-0.2, 0) is 25.5 Å². The molecule has 2 rings (SSSR count). The molecule has 2 aromatic rings. The SMILES string of the molecule is COC(=O)C(OC(=O)Cc1ccccc1)c1ccccc1. The predicted octanol–water partition coefficient (Wildman–Crippen LogP) is 2.69. The van der Waals surface area contributed by atoms with Crippen molar-refractivity contribution in [3.8, 4) is 0 Å². The fraction of sp³-hybridized carbons (Fsp3) is 0.176. The molecule has 0 saturated carbocycles. The van der Waals surface area contributed by atoms with Gasteiger partial charge in [0.15, 0.2) is 0 Å². The molecule has 0 spiro atoms. The molecule has 2 aromatic carbocycles. The van der Waals surface area contributed by atoms with Crippen molar-refractivity contribution in [2.45, 2.75) is 12.5 Å². The van der Waals surface area contributed by atoms with Crippen LogP contribution in [-0.4, -0.2) is 19.0 Å². The van der Waals surface area contributed by atoms with E-state index in [1.807, 2.05) is 36.4 Å². The van der Waals surface area contributed by atoms with Crippen molar-refractivity contribution in [3.63, 3.8) is 0 Å². The normalized spacial score (nSPS) is 11.5. The summed E-state index contributed by atoms with van der Waals surface area (Å²) < 4.78 is 9.98. The van der Waals surface area contributed by atoms with Gasteiger partial charge in [0, 0.05) is 5.56 Å². The van der Waals surface area contributed by atoms with Gasteiger partial charge >= 0.3 is 11.9 Å². The van der Waals surface area contributed by atoms with Gasteiger partial charge in [0.05, 0.1) is 13.5 Å². The highest BCUT2D eigenvalue weighted by Gasteiger charge is 2.25. The van der Waals surface area contributed by atoms with Crippen LogP contribution in [0.2, 0.25) is 0 Å². The van der Waals surface area contributed by atoms with Gasteiger partial charge in [-0.2, -0.15) is 0 Å². The van der Waals surface area contributed by atoms with E-state index in [0.29, 0.717) is 5.56 Å². The van der Waals surface area contributed by atoms with Gasteiger partial charge in [0.1, 0.15) is 0 Å².